The second kappa shape index (κ2) is 3.57. The van der Waals surface area contributed by atoms with Crippen molar-refractivity contribution in [3.63, 3.8) is 0 Å². The van der Waals surface area contributed by atoms with Crippen LogP contribution in [0.2, 0.25) is 0 Å². The summed E-state index contributed by atoms with van der Waals surface area (Å²) in [6.45, 7) is 9.16. The zero-order valence-electron chi connectivity index (χ0n) is 6.18. The first-order valence-corrected chi connectivity index (χ1v) is 3.55. The van der Waals surface area contributed by atoms with Gasteiger partial charge < -0.3 is 4.74 Å². The van der Waals surface area contributed by atoms with Crippen LogP contribution in [0.15, 0.2) is 25.3 Å². The average Bonchev–Trinajstić information content (AvgIpc) is 1.83. The molecule has 0 bridgehead atoms. The molecule has 0 aliphatic carbocycles. The Kier molecular flexibility index (Phi) is 2.69. The van der Waals surface area contributed by atoms with Crippen molar-refractivity contribution in [3.05, 3.63) is 31.2 Å². The molecular weight excluding hydrogens is 124 g/mol. The Labute approximate surface area is 62.4 Å². The molecule has 1 aliphatic rings. The molecule has 1 heterocycles. The summed E-state index contributed by atoms with van der Waals surface area (Å²) in [5.41, 5.74) is 0. The fourth-order valence-electron chi connectivity index (χ4n) is 1.03. The zero-order chi connectivity index (χ0) is 7.40. The first kappa shape index (κ1) is 7.55. The maximum atomic E-state index is 5.06. The van der Waals surface area contributed by atoms with E-state index in [1.807, 2.05) is 12.2 Å². The van der Waals surface area contributed by atoms with Gasteiger partial charge in [-0.2, -0.15) is 0 Å². The molecule has 1 saturated heterocycles. The molecule has 55 valence electrons. The van der Waals surface area contributed by atoms with Crippen molar-refractivity contribution in [2.24, 2.45) is 5.92 Å². The molecule has 10 heavy (non-hydrogen) atoms. The van der Waals surface area contributed by atoms with Gasteiger partial charge in [0.05, 0.1) is 13.2 Å². The zero-order valence-corrected chi connectivity index (χ0v) is 6.18. The molecule has 0 atom stereocenters. The molecule has 1 heteroatoms. The normalized spacial score (nSPS) is 18.5. The van der Waals surface area contributed by atoms with Crippen LogP contribution in [-0.2, 0) is 4.74 Å². The van der Waals surface area contributed by atoms with E-state index in [2.05, 4.69) is 13.2 Å². The third kappa shape index (κ3) is 1.48. The van der Waals surface area contributed by atoms with Crippen molar-refractivity contribution in [1.29, 1.82) is 0 Å². The first-order chi connectivity index (χ1) is 4.88. The van der Waals surface area contributed by atoms with Crippen molar-refractivity contribution in [2.75, 3.05) is 13.2 Å². The van der Waals surface area contributed by atoms with E-state index in [-0.39, 0.29) is 0 Å². The number of hydrogen-bond donors (Lipinski definition) is 0. The lowest BCUT2D eigenvalue weighted by Gasteiger charge is -2.30. The van der Waals surface area contributed by atoms with Gasteiger partial charge in [0.25, 0.3) is 0 Å². The lowest BCUT2D eigenvalue weighted by molar-refractivity contribution is -0.0221. The minimum Gasteiger partial charge on any atom is -0.381 e. The van der Waals surface area contributed by atoms with Gasteiger partial charge in [-0.15, -0.1) is 13.2 Å². The van der Waals surface area contributed by atoms with Gasteiger partial charge >= 0.3 is 0 Å². The van der Waals surface area contributed by atoms with Gasteiger partial charge in [0.1, 0.15) is 0 Å². The summed E-state index contributed by atoms with van der Waals surface area (Å²) < 4.78 is 5.06. The lowest BCUT2D eigenvalue weighted by Crippen LogP contribution is -2.32. The monoisotopic (exact) mass is 137 g/mol. The molecule has 1 rings (SSSR count). The van der Waals surface area contributed by atoms with Crippen LogP contribution in [0.3, 0.4) is 0 Å². The van der Waals surface area contributed by atoms with E-state index in [9.17, 15) is 0 Å². The van der Waals surface area contributed by atoms with E-state index in [1.54, 1.807) is 0 Å². The molecule has 0 unspecified atom stereocenters. The van der Waals surface area contributed by atoms with Crippen molar-refractivity contribution in [2.45, 2.75) is 6.42 Å². The predicted octanol–water partition coefficient (Wildman–Crippen LogP) is 1.97. The molecule has 0 aromatic heterocycles. The highest BCUT2D eigenvalue weighted by molar-refractivity contribution is 5.14. The second-order valence-electron chi connectivity index (χ2n) is 2.51. The second-order valence-corrected chi connectivity index (χ2v) is 2.51. The van der Waals surface area contributed by atoms with E-state index in [0.29, 0.717) is 5.92 Å². The van der Waals surface area contributed by atoms with Crippen LogP contribution < -0.4 is 0 Å². The summed E-state index contributed by atoms with van der Waals surface area (Å²) in [6, 6.07) is 0. The molecule has 0 saturated carbocycles. The van der Waals surface area contributed by atoms with Crippen LogP contribution in [0, 0.1) is 11.8 Å². The highest BCUT2D eigenvalue weighted by Gasteiger charge is 2.25. The molecule has 0 aromatic rings. The number of allylic oxidation sites excluding steroid dienone is 2. The maximum absolute atomic E-state index is 5.06. The fourth-order valence-corrected chi connectivity index (χ4v) is 1.03. The van der Waals surface area contributed by atoms with E-state index < -0.39 is 0 Å². The summed E-state index contributed by atoms with van der Waals surface area (Å²) in [5.74, 6) is 1.98. The Morgan fingerprint density at radius 3 is 2.50 bits per heavy atom. The van der Waals surface area contributed by atoms with Gasteiger partial charge in [-0.25, -0.2) is 0 Å². The quantitative estimate of drug-likeness (QED) is 0.538. The molecule has 1 nitrogen and oxygen atoms in total. The number of rotatable bonds is 4. The topological polar surface area (TPSA) is 9.23 Å². The summed E-state index contributed by atoms with van der Waals surface area (Å²) in [7, 11) is 0. The van der Waals surface area contributed by atoms with Crippen molar-refractivity contribution >= 4 is 0 Å². The van der Waals surface area contributed by atoms with Crippen molar-refractivity contribution in [3.8, 4) is 0 Å². The molecular formula is C9H13O. The van der Waals surface area contributed by atoms with Gasteiger partial charge in [0.2, 0.25) is 0 Å². The van der Waals surface area contributed by atoms with Crippen LogP contribution in [0.4, 0.5) is 0 Å². The SMILES string of the molecule is C=CC[C](C=C)C1COC1. The van der Waals surface area contributed by atoms with Gasteiger partial charge in [0, 0.05) is 11.8 Å². The Morgan fingerprint density at radius 1 is 1.50 bits per heavy atom. The third-order valence-electron chi connectivity index (χ3n) is 1.80. The summed E-state index contributed by atoms with van der Waals surface area (Å²) in [6.07, 6.45) is 4.79. The third-order valence-corrected chi connectivity index (χ3v) is 1.80. The predicted molar refractivity (Wildman–Crippen MR) is 42.6 cm³/mol. The lowest BCUT2D eigenvalue weighted by atomic mass is 9.88. The molecule has 1 aliphatic heterocycles. The maximum Gasteiger partial charge on any atom is 0.0525 e. The minimum atomic E-state index is 0.621. The Hall–Kier alpha value is -0.560. The molecule has 0 amide bonds. The van der Waals surface area contributed by atoms with Crippen LogP contribution in [0.1, 0.15) is 6.42 Å². The van der Waals surface area contributed by atoms with Crippen LogP contribution >= 0.6 is 0 Å². The minimum absolute atomic E-state index is 0.621. The summed E-state index contributed by atoms with van der Waals surface area (Å²) in [4.78, 5) is 0. The highest BCUT2D eigenvalue weighted by atomic mass is 16.5. The Bertz CT molecular complexity index is 125. The fraction of sp³-hybridized carbons (Fsp3) is 0.444. The van der Waals surface area contributed by atoms with Gasteiger partial charge in [-0.3, -0.25) is 0 Å². The van der Waals surface area contributed by atoms with Crippen LogP contribution in [-0.4, -0.2) is 13.2 Å². The van der Waals surface area contributed by atoms with E-state index in [1.165, 1.54) is 5.92 Å². The number of hydrogen-bond acceptors (Lipinski definition) is 1. The van der Waals surface area contributed by atoms with Crippen molar-refractivity contribution < 1.29 is 4.74 Å². The molecule has 1 radical (unpaired) electrons. The smallest absolute Gasteiger partial charge is 0.0525 e. The van der Waals surface area contributed by atoms with Crippen LogP contribution in [0.25, 0.3) is 0 Å². The molecule has 0 aromatic carbocycles. The highest BCUT2D eigenvalue weighted by Crippen LogP contribution is 2.26. The van der Waals surface area contributed by atoms with E-state index >= 15 is 0 Å². The summed E-state index contributed by atoms with van der Waals surface area (Å²) in [5, 5.41) is 0. The van der Waals surface area contributed by atoms with E-state index in [4.69, 9.17) is 4.74 Å². The average molecular weight is 137 g/mol. The first-order valence-electron chi connectivity index (χ1n) is 3.55. The molecule has 0 spiro atoms. The van der Waals surface area contributed by atoms with Crippen molar-refractivity contribution in [1.82, 2.24) is 0 Å². The van der Waals surface area contributed by atoms with Gasteiger partial charge in [-0.1, -0.05) is 12.2 Å². The molecule has 1 fully saturated rings. The Balaban J connectivity index is 2.30. The van der Waals surface area contributed by atoms with Crippen LogP contribution in [0.5, 0.6) is 0 Å². The Morgan fingerprint density at radius 2 is 2.20 bits per heavy atom. The van der Waals surface area contributed by atoms with E-state index in [0.717, 1.165) is 19.6 Å². The van der Waals surface area contributed by atoms with Gasteiger partial charge in [0.15, 0.2) is 0 Å². The molecule has 0 N–H and O–H groups in total. The standard InChI is InChI=1S/C9H13O/c1-3-5-8(4-2)9-6-10-7-9/h3-4,9H,1-2,5-7H2. The largest absolute Gasteiger partial charge is 0.381 e. The van der Waals surface area contributed by atoms with Gasteiger partial charge in [-0.05, 0) is 6.42 Å². The summed E-state index contributed by atoms with van der Waals surface area (Å²) >= 11 is 0. The number of ether oxygens (including phenoxy) is 1.